The number of hydrogen-bond donors (Lipinski definition) is 0. The van der Waals surface area contributed by atoms with Gasteiger partial charge in [-0.3, -0.25) is 14.8 Å². The number of carbonyl (C=O) groups is 1. The maximum absolute atomic E-state index is 12.6. The van der Waals surface area contributed by atoms with Crippen molar-refractivity contribution in [3.05, 3.63) is 59.2 Å². The Labute approximate surface area is 130 Å². The molecule has 1 saturated heterocycles. The molecule has 0 aliphatic carbocycles. The molecule has 5 nitrogen and oxygen atoms in total. The zero-order valence-corrected chi connectivity index (χ0v) is 12.8. The van der Waals surface area contributed by atoms with Gasteiger partial charge in [0.05, 0.1) is 18.8 Å². The van der Waals surface area contributed by atoms with Gasteiger partial charge >= 0.3 is 0 Å². The average molecular weight is 297 g/mol. The Morgan fingerprint density at radius 2 is 2.14 bits per heavy atom. The first kappa shape index (κ1) is 14.7. The molecule has 114 valence electrons. The molecule has 0 spiro atoms. The fourth-order valence-corrected chi connectivity index (χ4v) is 2.54. The molecule has 5 heteroatoms. The van der Waals surface area contributed by atoms with Gasteiger partial charge in [-0.25, -0.2) is 0 Å². The maximum atomic E-state index is 12.6. The first-order valence-corrected chi connectivity index (χ1v) is 7.40. The molecule has 0 radical (unpaired) electrons. The summed E-state index contributed by atoms with van der Waals surface area (Å²) in [4.78, 5) is 23.1. The number of rotatable bonds is 2. The number of pyridine rings is 2. The van der Waals surface area contributed by atoms with Crippen LogP contribution in [0.15, 0.2) is 36.7 Å². The maximum Gasteiger partial charge on any atom is 0.272 e. The van der Waals surface area contributed by atoms with Crippen LogP contribution in [0.4, 0.5) is 0 Å². The first-order chi connectivity index (χ1) is 10.6. The van der Waals surface area contributed by atoms with Gasteiger partial charge in [0.1, 0.15) is 11.8 Å². The normalized spacial score (nSPS) is 18.3. The van der Waals surface area contributed by atoms with Crippen LogP contribution in [0.25, 0.3) is 0 Å². The topological polar surface area (TPSA) is 55.3 Å². The molecule has 2 aromatic heterocycles. The number of morpholine rings is 1. The van der Waals surface area contributed by atoms with Gasteiger partial charge in [-0.05, 0) is 37.1 Å². The number of hydrogen-bond acceptors (Lipinski definition) is 4. The lowest BCUT2D eigenvalue weighted by molar-refractivity contribution is -0.0249. The quantitative estimate of drug-likeness (QED) is 0.853. The summed E-state index contributed by atoms with van der Waals surface area (Å²) < 4.78 is 5.77. The molecule has 1 atom stereocenters. The van der Waals surface area contributed by atoms with Gasteiger partial charge in [0.2, 0.25) is 0 Å². The van der Waals surface area contributed by atoms with E-state index >= 15 is 0 Å². The molecule has 0 saturated carbocycles. The Balaban J connectivity index is 1.77. The number of ether oxygens (including phenoxy) is 1. The molecule has 3 rings (SSSR count). The lowest BCUT2D eigenvalue weighted by Gasteiger charge is -2.32. The average Bonchev–Trinajstić information content (AvgIpc) is 2.55. The van der Waals surface area contributed by atoms with Crippen LogP contribution in [-0.4, -0.2) is 40.5 Å². The number of aryl methyl sites for hydroxylation is 2. The van der Waals surface area contributed by atoms with Gasteiger partial charge in [-0.2, -0.15) is 0 Å². The van der Waals surface area contributed by atoms with Crippen molar-refractivity contribution in [3.8, 4) is 0 Å². The van der Waals surface area contributed by atoms with Crippen LogP contribution in [0.3, 0.4) is 0 Å². The van der Waals surface area contributed by atoms with Crippen molar-refractivity contribution in [2.75, 3.05) is 19.7 Å². The molecule has 0 aromatic carbocycles. The third-order valence-corrected chi connectivity index (χ3v) is 3.83. The standard InChI is InChI=1S/C17H19N3O2/c1-12-5-6-14(19-10-12)15-11-20(8-9-22-15)17(21)16-13(2)4-3-7-18-16/h3-7,10,15H,8-9,11H2,1-2H3/t15-/m0/s1. The summed E-state index contributed by atoms with van der Waals surface area (Å²) in [5.41, 5.74) is 3.38. The Bertz CT molecular complexity index is 670. The summed E-state index contributed by atoms with van der Waals surface area (Å²) in [6.45, 7) is 5.50. The molecule has 22 heavy (non-hydrogen) atoms. The zero-order valence-electron chi connectivity index (χ0n) is 12.8. The molecule has 1 aliphatic rings. The van der Waals surface area contributed by atoms with E-state index in [1.165, 1.54) is 0 Å². The molecule has 2 aromatic rings. The van der Waals surface area contributed by atoms with Crippen molar-refractivity contribution in [3.63, 3.8) is 0 Å². The minimum atomic E-state index is -0.178. The summed E-state index contributed by atoms with van der Waals surface area (Å²) in [7, 11) is 0. The van der Waals surface area contributed by atoms with Gasteiger partial charge in [-0.15, -0.1) is 0 Å². The van der Waals surface area contributed by atoms with Crippen LogP contribution in [-0.2, 0) is 4.74 Å². The van der Waals surface area contributed by atoms with E-state index in [4.69, 9.17) is 4.74 Å². The molecule has 0 bridgehead atoms. The Morgan fingerprint density at radius 1 is 1.27 bits per heavy atom. The van der Waals surface area contributed by atoms with Crippen molar-refractivity contribution in [2.24, 2.45) is 0 Å². The molecule has 1 fully saturated rings. The van der Waals surface area contributed by atoms with Crippen LogP contribution < -0.4 is 0 Å². The second kappa shape index (κ2) is 6.23. The van der Waals surface area contributed by atoms with Gasteiger partial charge < -0.3 is 9.64 Å². The van der Waals surface area contributed by atoms with Crippen LogP contribution in [0.5, 0.6) is 0 Å². The van der Waals surface area contributed by atoms with Crippen LogP contribution in [0.2, 0.25) is 0 Å². The summed E-state index contributed by atoms with van der Waals surface area (Å²) in [5, 5.41) is 0. The molecule has 3 heterocycles. The van der Waals surface area contributed by atoms with E-state index in [1.54, 1.807) is 11.1 Å². The molecule has 1 aliphatic heterocycles. The van der Waals surface area contributed by atoms with E-state index in [0.29, 0.717) is 25.4 Å². The Morgan fingerprint density at radius 3 is 2.86 bits per heavy atom. The fraction of sp³-hybridized carbons (Fsp3) is 0.353. The van der Waals surface area contributed by atoms with E-state index in [2.05, 4.69) is 9.97 Å². The molecular weight excluding hydrogens is 278 g/mol. The SMILES string of the molecule is Cc1ccc([C@@H]2CN(C(=O)c3ncccc3C)CCO2)nc1. The molecule has 0 unspecified atom stereocenters. The molecule has 0 N–H and O–H groups in total. The van der Waals surface area contributed by atoms with Crippen molar-refractivity contribution in [2.45, 2.75) is 20.0 Å². The summed E-state index contributed by atoms with van der Waals surface area (Å²) in [6.07, 6.45) is 3.30. The number of carbonyl (C=O) groups excluding carboxylic acids is 1. The monoisotopic (exact) mass is 297 g/mol. The van der Waals surface area contributed by atoms with Gasteiger partial charge in [-0.1, -0.05) is 12.1 Å². The van der Waals surface area contributed by atoms with E-state index in [-0.39, 0.29) is 12.0 Å². The van der Waals surface area contributed by atoms with E-state index < -0.39 is 0 Å². The van der Waals surface area contributed by atoms with E-state index in [1.807, 2.05) is 44.3 Å². The minimum absolute atomic E-state index is 0.0430. The summed E-state index contributed by atoms with van der Waals surface area (Å²) in [6, 6.07) is 7.71. The predicted molar refractivity (Wildman–Crippen MR) is 82.5 cm³/mol. The minimum Gasteiger partial charge on any atom is -0.368 e. The highest BCUT2D eigenvalue weighted by Gasteiger charge is 2.28. The summed E-state index contributed by atoms with van der Waals surface area (Å²) >= 11 is 0. The van der Waals surface area contributed by atoms with Crippen molar-refractivity contribution < 1.29 is 9.53 Å². The number of aromatic nitrogens is 2. The lowest BCUT2D eigenvalue weighted by atomic mass is 10.1. The smallest absolute Gasteiger partial charge is 0.272 e. The van der Waals surface area contributed by atoms with E-state index in [0.717, 1.165) is 16.8 Å². The lowest BCUT2D eigenvalue weighted by Crippen LogP contribution is -2.43. The third-order valence-electron chi connectivity index (χ3n) is 3.83. The second-order valence-corrected chi connectivity index (χ2v) is 5.54. The second-order valence-electron chi connectivity index (χ2n) is 5.54. The fourth-order valence-electron chi connectivity index (χ4n) is 2.54. The highest BCUT2D eigenvalue weighted by Crippen LogP contribution is 2.22. The molecule has 1 amide bonds. The van der Waals surface area contributed by atoms with Crippen molar-refractivity contribution in [1.82, 2.24) is 14.9 Å². The Hall–Kier alpha value is -2.27. The van der Waals surface area contributed by atoms with Gasteiger partial charge in [0.15, 0.2) is 0 Å². The van der Waals surface area contributed by atoms with Crippen LogP contribution >= 0.6 is 0 Å². The highest BCUT2D eigenvalue weighted by atomic mass is 16.5. The predicted octanol–water partition coefficient (Wildman–Crippen LogP) is 2.31. The van der Waals surface area contributed by atoms with Crippen LogP contribution in [0.1, 0.15) is 33.4 Å². The van der Waals surface area contributed by atoms with Crippen LogP contribution in [0, 0.1) is 13.8 Å². The number of amides is 1. The largest absolute Gasteiger partial charge is 0.368 e. The number of nitrogens with zero attached hydrogens (tertiary/aromatic N) is 3. The zero-order chi connectivity index (χ0) is 15.5. The highest BCUT2D eigenvalue weighted by molar-refractivity contribution is 5.93. The van der Waals surface area contributed by atoms with Gasteiger partial charge in [0.25, 0.3) is 5.91 Å². The summed E-state index contributed by atoms with van der Waals surface area (Å²) in [5.74, 6) is -0.0430. The van der Waals surface area contributed by atoms with Crippen molar-refractivity contribution >= 4 is 5.91 Å². The first-order valence-electron chi connectivity index (χ1n) is 7.40. The molecular formula is C17H19N3O2. The van der Waals surface area contributed by atoms with Crippen molar-refractivity contribution in [1.29, 1.82) is 0 Å². The van der Waals surface area contributed by atoms with Gasteiger partial charge in [0, 0.05) is 18.9 Å². The van der Waals surface area contributed by atoms with E-state index in [9.17, 15) is 4.79 Å². The Kier molecular flexibility index (Phi) is 4.15. The third kappa shape index (κ3) is 2.99.